The van der Waals surface area contributed by atoms with Crippen LogP contribution in [-0.2, 0) is 14.3 Å². The van der Waals surface area contributed by atoms with Gasteiger partial charge in [-0.1, -0.05) is 0 Å². The SMILES string of the molecule is C[Si](C)(O)CC(=O)NC[C@H]1CN(c2ccc(N3CCOCC3)c(F)c2)C(=O)O1. The van der Waals surface area contributed by atoms with Gasteiger partial charge >= 0.3 is 6.09 Å². The molecule has 3 rings (SSSR count). The molecule has 154 valence electrons. The third-order valence-electron chi connectivity index (χ3n) is 4.59. The van der Waals surface area contributed by atoms with E-state index in [4.69, 9.17) is 9.47 Å². The highest BCUT2D eigenvalue weighted by molar-refractivity contribution is 6.72. The number of carbonyl (C=O) groups excluding carboxylic acids is 2. The van der Waals surface area contributed by atoms with Crippen LogP contribution in [0.25, 0.3) is 0 Å². The molecule has 2 heterocycles. The van der Waals surface area contributed by atoms with E-state index in [0.717, 1.165) is 0 Å². The zero-order valence-electron chi connectivity index (χ0n) is 16.1. The van der Waals surface area contributed by atoms with Crippen molar-refractivity contribution in [2.45, 2.75) is 25.2 Å². The monoisotopic (exact) mass is 411 g/mol. The molecule has 2 aliphatic heterocycles. The number of benzene rings is 1. The second-order valence-electron chi connectivity index (χ2n) is 7.64. The lowest BCUT2D eigenvalue weighted by atomic mass is 10.2. The molecule has 0 aromatic heterocycles. The maximum atomic E-state index is 14.6. The highest BCUT2D eigenvalue weighted by atomic mass is 28.4. The van der Waals surface area contributed by atoms with Crippen LogP contribution in [0, 0.1) is 5.82 Å². The van der Waals surface area contributed by atoms with E-state index in [1.165, 1.54) is 11.0 Å². The van der Waals surface area contributed by atoms with Crippen molar-refractivity contribution in [3.05, 3.63) is 24.0 Å². The molecule has 10 heteroatoms. The molecular formula is C18H26FN3O5Si. The van der Waals surface area contributed by atoms with Crippen molar-refractivity contribution in [2.75, 3.05) is 49.2 Å². The van der Waals surface area contributed by atoms with Crippen LogP contribution in [0.15, 0.2) is 18.2 Å². The van der Waals surface area contributed by atoms with Crippen LogP contribution < -0.4 is 15.1 Å². The van der Waals surface area contributed by atoms with E-state index >= 15 is 0 Å². The largest absolute Gasteiger partial charge is 0.442 e. The minimum atomic E-state index is -2.49. The van der Waals surface area contributed by atoms with E-state index in [1.807, 2.05) is 4.90 Å². The Morgan fingerprint density at radius 3 is 2.71 bits per heavy atom. The first-order chi connectivity index (χ1) is 13.2. The Balaban J connectivity index is 1.59. The lowest BCUT2D eigenvalue weighted by Crippen LogP contribution is -2.39. The van der Waals surface area contributed by atoms with Gasteiger partial charge in [-0.25, -0.2) is 9.18 Å². The first-order valence-corrected chi connectivity index (χ1v) is 12.5. The van der Waals surface area contributed by atoms with Gasteiger partial charge in [-0.3, -0.25) is 9.69 Å². The number of amides is 2. The van der Waals surface area contributed by atoms with Crippen molar-refractivity contribution in [3.8, 4) is 0 Å². The summed E-state index contributed by atoms with van der Waals surface area (Å²) in [6.45, 7) is 6.09. The van der Waals surface area contributed by atoms with Crippen LogP contribution in [0.5, 0.6) is 0 Å². The number of halogens is 1. The Labute approximate surface area is 164 Å². The van der Waals surface area contributed by atoms with Crippen molar-refractivity contribution < 1.29 is 28.2 Å². The van der Waals surface area contributed by atoms with Gasteiger partial charge in [0.1, 0.15) is 11.9 Å². The first-order valence-electron chi connectivity index (χ1n) is 9.32. The molecular weight excluding hydrogens is 385 g/mol. The number of nitrogens with one attached hydrogen (secondary N) is 1. The second kappa shape index (κ2) is 8.46. The standard InChI is InChI=1S/C18H26FN3O5Si/c1-28(2,25)12-17(23)20-10-14-11-22(18(24)27-14)13-3-4-16(15(19)9-13)21-5-7-26-8-6-21/h3-4,9,14,25H,5-8,10-12H2,1-2H3,(H,20,23)/t14-/m0/s1. The fourth-order valence-corrected chi connectivity index (χ4v) is 4.16. The summed E-state index contributed by atoms with van der Waals surface area (Å²) < 4.78 is 25.1. The molecule has 2 aliphatic rings. The van der Waals surface area contributed by atoms with Gasteiger partial charge in [0, 0.05) is 19.1 Å². The number of anilines is 2. The molecule has 1 aromatic rings. The third kappa shape index (κ3) is 5.21. The number of rotatable bonds is 6. The number of nitrogens with zero attached hydrogens (tertiary/aromatic N) is 2. The summed E-state index contributed by atoms with van der Waals surface area (Å²) in [6.07, 6.45) is -1.10. The zero-order chi connectivity index (χ0) is 20.3. The molecule has 2 fully saturated rings. The topological polar surface area (TPSA) is 91.3 Å². The Morgan fingerprint density at radius 2 is 2.07 bits per heavy atom. The maximum absolute atomic E-state index is 14.6. The number of hydrogen-bond donors (Lipinski definition) is 2. The lowest BCUT2D eigenvalue weighted by Gasteiger charge is -2.29. The molecule has 2 amide bonds. The summed E-state index contributed by atoms with van der Waals surface area (Å²) in [5.74, 6) is -0.673. The highest BCUT2D eigenvalue weighted by Crippen LogP contribution is 2.28. The van der Waals surface area contributed by atoms with Crippen LogP contribution in [-0.4, -0.2) is 70.6 Å². The van der Waals surface area contributed by atoms with Crippen LogP contribution >= 0.6 is 0 Å². The summed E-state index contributed by atoms with van der Waals surface area (Å²) in [5, 5.41) is 2.68. The molecule has 0 bridgehead atoms. The van der Waals surface area contributed by atoms with Gasteiger partial charge in [-0.2, -0.15) is 0 Å². The molecule has 8 nitrogen and oxygen atoms in total. The molecule has 1 atom stereocenters. The molecule has 0 radical (unpaired) electrons. The average Bonchev–Trinajstić information content (AvgIpc) is 3.00. The Kier molecular flexibility index (Phi) is 6.21. The van der Waals surface area contributed by atoms with Crippen LogP contribution in [0.1, 0.15) is 0 Å². The van der Waals surface area contributed by atoms with Crippen molar-refractivity contribution in [1.82, 2.24) is 5.32 Å². The second-order valence-corrected chi connectivity index (χ2v) is 11.6. The number of ether oxygens (including phenoxy) is 2. The van der Waals surface area contributed by atoms with Crippen LogP contribution in [0.3, 0.4) is 0 Å². The predicted octanol–water partition coefficient (Wildman–Crippen LogP) is 1.30. The average molecular weight is 412 g/mol. The molecule has 0 saturated carbocycles. The number of hydrogen-bond acceptors (Lipinski definition) is 6. The molecule has 1 aromatic carbocycles. The van der Waals surface area contributed by atoms with Gasteiger partial charge in [0.25, 0.3) is 0 Å². The van der Waals surface area contributed by atoms with Gasteiger partial charge in [-0.05, 0) is 31.3 Å². The van der Waals surface area contributed by atoms with E-state index in [0.29, 0.717) is 37.7 Å². The van der Waals surface area contributed by atoms with Gasteiger partial charge in [0.15, 0.2) is 8.32 Å². The summed E-state index contributed by atoms with van der Waals surface area (Å²) in [6, 6.07) is 4.76. The van der Waals surface area contributed by atoms with E-state index in [-0.39, 0.29) is 25.0 Å². The van der Waals surface area contributed by atoms with Crippen LogP contribution in [0.2, 0.25) is 19.1 Å². The smallest absolute Gasteiger partial charge is 0.414 e. The van der Waals surface area contributed by atoms with E-state index in [1.54, 1.807) is 25.2 Å². The fourth-order valence-electron chi connectivity index (χ4n) is 3.25. The summed E-state index contributed by atoms with van der Waals surface area (Å²) in [4.78, 5) is 37.1. The lowest BCUT2D eigenvalue weighted by molar-refractivity contribution is -0.119. The Bertz CT molecular complexity index is 736. The van der Waals surface area contributed by atoms with E-state index in [9.17, 15) is 18.8 Å². The normalized spacial score (nSPS) is 20.3. The minimum Gasteiger partial charge on any atom is -0.442 e. The van der Waals surface area contributed by atoms with Crippen molar-refractivity contribution in [3.63, 3.8) is 0 Å². The van der Waals surface area contributed by atoms with E-state index < -0.39 is 26.3 Å². The van der Waals surface area contributed by atoms with Crippen molar-refractivity contribution in [2.24, 2.45) is 0 Å². The van der Waals surface area contributed by atoms with Crippen molar-refractivity contribution >= 4 is 31.7 Å². The summed E-state index contributed by atoms with van der Waals surface area (Å²) in [5.41, 5.74) is 0.899. The molecule has 28 heavy (non-hydrogen) atoms. The number of morpholine rings is 1. The molecule has 0 unspecified atom stereocenters. The summed E-state index contributed by atoms with van der Waals surface area (Å²) in [7, 11) is -2.49. The Hall–Kier alpha value is -2.17. The quantitative estimate of drug-likeness (QED) is 0.686. The van der Waals surface area contributed by atoms with Gasteiger partial charge < -0.3 is 24.5 Å². The molecule has 2 N–H and O–H groups in total. The van der Waals surface area contributed by atoms with Gasteiger partial charge in [0.05, 0.1) is 37.7 Å². The van der Waals surface area contributed by atoms with Gasteiger partial charge in [-0.15, -0.1) is 0 Å². The molecule has 0 aliphatic carbocycles. The molecule has 0 spiro atoms. The van der Waals surface area contributed by atoms with E-state index in [2.05, 4.69) is 5.32 Å². The maximum Gasteiger partial charge on any atom is 0.414 e. The first kappa shape index (κ1) is 20.6. The Morgan fingerprint density at radius 1 is 1.36 bits per heavy atom. The minimum absolute atomic E-state index is 0.0889. The molecule has 2 saturated heterocycles. The zero-order valence-corrected chi connectivity index (χ0v) is 17.1. The van der Waals surface area contributed by atoms with Crippen LogP contribution in [0.4, 0.5) is 20.6 Å². The number of carbonyl (C=O) groups is 2. The fraction of sp³-hybridized carbons (Fsp3) is 0.556. The predicted molar refractivity (Wildman–Crippen MR) is 105 cm³/mol. The number of cyclic esters (lactones) is 1. The summed E-state index contributed by atoms with van der Waals surface area (Å²) >= 11 is 0. The third-order valence-corrected chi connectivity index (χ3v) is 5.78. The van der Waals surface area contributed by atoms with Crippen molar-refractivity contribution in [1.29, 1.82) is 0 Å². The highest BCUT2D eigenvalue weighted by Gasteiger charge is 2.33. The van der Waals surface area contributed by atoms with Gasteiger partial charge in [0.2, 0.25) is 5.91 Å².